The van der Waals surface area contributed by atoms with Gasteiger partial charge in [0.25, 0.3) is 0 Å². The number of amides is 2. The molecule has 0 bridgehead atoms. The molecule has 4 rings (SSSR count). The molecule has 0 N–H and O–H groups in total. The van der Waals surface area contributed by atoms with Crippen LogP contribution < -0.4 is 4.90 Å². The largest absolute Gasteiger partial charge is 0.274 e. The number of nitrogens with zero attached hydrogens (tertiary/aromatic N) is 3. The number of benzene rings is 1. The van der Waals surface area contributed by atoms with Gasteiger partial charge in [-0.05, 0) is 31.1 Å². The average Bonchev–Trinajstić information content (AvgIpc) is 2.90. The van der Waals surface area contributed by atoms with E-state index in [0.29, 0.717) is 18.5 Å². The van der Waals surface area contributed by atoms with Gasteiger partial charge in [0, 0.05) is 12.0 Å². The fraction of sp³-hybridized carbons (Fsp3) is 0.333. The Bertz CT molecular complexity index is 857. The van der Waals surface area contributed by atoms with E-state index in [-0.39, 0.29) is 23.7 Å². The minimum atomic E-state index is -0.320. The van der Waals surface area contributed by atoms with Crippen molar-refractivity contribution in [2.75, 3.05) is 17.4 Å². The Balaban J connectivity index is 1.74. The SMILES string of the molecule is CSc1nc2c(c(SC)n1)CC1C(=O)N(c3ccccc3)C(=O)C1C2. The molecule has 5 nitrogen and oxygen atoms in total. The number of fused-ring (bicyclic) bond motifs is 2. The van der Waals surface area contributed by atoms with Crippen LogP contribution in [0.1, 0.15) is 11.3 Å². The number of thioether (sulfide) groups is 2. The van der Waals surface area contributed by atoms with E-state index in [2.05, 4.69) is 9.97 Å². The molecule has 2 aromatic rings. The molecule has 7 heteroatoms. The Labute approximate surface area is 154 Å². The molecular formula is C18H17N3O2S2. The summed E-state index contributed by atoms with van der Waals surface area (Å²) >= 11 is 3.07. The number of anilines is 1. The van der Waals surface area contributed by atoms with E-state index in [1.807, 2.05) is 30.7 Å². The van der Waals surface area contributed by atoms with Crippen molar-refractivity contribution in [3.63, 3.8) is 0 Å². The van der Waals surface area contributed by atoms with Crippen molar-refractivity contribution in [1.29, 1.82) is 0 Å². The van der Waals surface area contributed by atoms with Gasteiger partial charge in [0.05, 0.1) is 23.2 Å². The van der Waals surface area contributed by atoms with Crippen molar-refractivity contribution in [2.24, 2.45) is 11.8 Å². The van der Waals surface area contributed by atoms with Gasteiger partial charge in [0.1, 0.15) is 5.03 Å². The lowest BCUT2D eigenvalue weighted by Gasteiger charge is -2.24. The molecule has 1 saturated heterocycles. The number of carbonyl (C=O) groups excluding carboxylic acids is 2. The molecule has 0 spiro atoms. The third kappa shape index (κ3) is 2.66. The van der Waals surface area contributed by atoms with E-state index in [1.165, 1.54) is 16.7 Å². The molecule has 2 amide bonds. The van der Waals surface area contributed by atoms with E-state index < -0.39 is 0 Å². The Hall–Kier alpha value is -1.86. The van der Waals surface area contributed by atoms with Crippen LogP contribution in [0.4, 0.5) is 5.69 Å². The molecule has 1 aliphatic carbocycles. The molecule has 2 heterocycles. The molecule has 2 aliphatic rings. The quantitative estimate of drug-likeness (QED) is 0.358. The van der Waals surface area contributed by atoms with Crippen LogP contribution in [-0.2, 0) is 22.4 Å². The van der Waals surface area contributed by atoms with Gasteiger partial charge in [-0.25, -0.2) is 9.97 Å². The predicted molar refractivity (Wildman–Crippen MR) is 98.9 cm³/mol. The zero-order valence-corrected chi connectivity index (χ0v) is 15.6. The summed E-state index contributed by atoms with van der Waals surface area (Å²) in [6, 6.07) is 9.17. The van der Waals surface area contributed by atoms with Crippen LogP contribution in [0.15, 0.2) is 40.5 Å². The first-order valence-electron chi connectivity index (χ1n) is 8.04. The van der Waals surface area contributed by atoms with E-state index in [4.69, 9.17) is 0 Å². The topological polar surface area (TPSA) is 63.2 Å². The van der Waals surface area contributed by atoms with E-state index in [9.17, 15) is 9.59 Å². The summed E-state index contributed by atoms with van der Waals surface area (Å²) in [5.74, 6) is -0.843. The molecule has 0 saturated carbocycles. The van der Waals surface area contributed by atoms with Crippen LogP contribution in [0.2, 0.25) is 0 Å². The highest BCUT2D eigenvalue weighted by Gasteiger charge is 2.50. The second-order valence-electron chi connectivity index (χ2n) is 6.11. The summed E-state index contributed by atoms with van der Waals surface area (Å²) in [6.07, 6.45) is 4.98. The van der Waals surface area contributed by atoms with Crippen LogP contribution >= 0.6 is 23.5 Å². The monoisotopic (exact) mass is 371 g/mol. The predicted octanol–water partition coefficient (Wildman–Crippen LogP) is 2.82. The van der Waals surface area contributed by atoms with Gasteiger partial charge in [-0.1, -0.05) is 30.0 Å². The van der Waals surface area contributed by atoms with Gasteiger partial charge < -0.3 is 0 Å². The first-order chi connectivity index (χ1) is 12.1. The summed E-state index contributed by atoms with van der Waals surface area (Å²) in [7, 11) is 0. The molecule has 2 unspecified atom stereocenters. The van der Waals surface area contributed by atoms with E-state index in [1.54, 1.807) is 23.9 Å². The third-order valence-corrected chi connectivity index (χ3v) is 6.09. The summed E-state index contributed by atoms with van der Waals surface area (Å²) in [4.78, 5) is 36.4. The van der Waals surface area contributed by atoms with Crippen molar-refractivity contribution in [3.05, 3.63) is 41.6 Å². The number of imide groups is 1. The first-order valence-corrected chi connectivity index (χ1v) is 10.5. The summed E-state index contributed by atoms with van der Waals surface area (Å²) in [6.45, 7) is 0. The molecule has 1 aromatic carbocycles. The molecule has 1 aromatic heterocycles. The maximum atomic E-state index is 12.9. The second kappa shape index (κ2) is 6.46. The second-order valence-corrected chi connectivity index (χ2v) is 7.68. The smallest absolute Gasteiger partial charge is 0.238 e. The fourth-order valence-electron chi connectivity index (χ4n) is 3.62. The van der Waals surface area contributed by atoms with Crippen LogP contribution in [0.3, 0.4) is 0 Å². The van der Waals surface area contributed by atoms with Crippen LogP contribution in [0.25, 0.3) is 0 Å². The van der Waals surface area contributed by atoms with Gasteiger partial charge in [-0.3, -0.25) is 14.5 Å². The number of carbonyl (C=O) groups is 2. The minimum Gasteiger partial charge on any atom is -0.274 e. The van der Waals surface area contributed by atoms with Gasteiger partial charge in [0.2, 0.25) is 11.8 Å². The van der Waals surface area contributed by atoms with Crippen molar-refractivity contribution < 1.29 is 9.59 Å². The molecule has 1 fully saturated rings. The van der Waals surface area contributed by atoms with Crippen molar-refractivity contribution in [1.82, 2.24) is 9.97 Å². The fourth-order valence-corrected chi connectivity index (χ4v) is 4.69. The Kier molecular flexibility index (Phi) is 4.29. The molecule has 128 valence electrons. The highest BCUT2D eigenvalue weighted by Crippen LogP contribution is 2.41. The zero-order chi connectivity index (χ0) is 17.6. The maximum absolute atomic E-state index is 12.9. The van der Waals surface area contributed by atoms with Gasteiger partial charge in [-0.2, -0.15) is 0 Å². The minimum absolute atomic E-state index is 0.104. The van der Waals surface area contributed by atoms with Crippen LogP contribution in [0, 0.1) is 11.8 Å². The first kappa shape index (κ1) is 16.6. The maximum Gasteiger partial charge on any atom is 0.238 e. The van der Waals surface area contributed by atoms with Crippen molar-refractivity contribution >= 4 is 41.0 Å². The standard InChI is InChI=1S/C18H17N3O2S2/c1-24-15-13-8-11-12(9-14(13)19-18(20-15)25-2)17(23)21(16(11)22)10-6-4-3-5-7-10/h3-7,11-12H,8-9H2,1-2H3. The molecule has 25 heavy (non-hydrogen) atoms. The highest BCUT2D eigenvalue weighted by atomic mass is 32.2. The number of rotatable bonds is 3. The third-order valence-electron chi connectivity index (χ3n) is 4.82. The lowest BCUT2D eigenvalue weighted by atomic mass is 9.80. The Morgan fingerprint density at radius 2 is 1.64 bits per heavy atom. The lowest BCUT2D eigenvalue weighted by molar-refractivity contribution is -0.122. The highest BCUT2D eigenvalue weighted by molar-refractivity contribution is 7.99. The zero-order valence-electron chi connectivity index (χ0n) is 13.9. The van der Waals surface area contributed by atoms with Gasteiger partial charge >= 0.3 is 0 Å². The van der Waals surface area contributed by atoms with Crippen LogP contribution in [0.5, 0.6) is 0 Å². The Morgan fingerprint density at radius 3 is 2.28 bits per heavy atom. The summed E-state index contributed by atoms with van der Waals surface area (Å²) in [5.41, 5.74) is 2.60. The molecule has 1 aliphatic heterocycles. The average molecular weight is 371 g/mol. The van der Waals surface area contributed by atoms with Gasteiger partial charge in [0.15, 0.2) is 5.16 Å². The van der Waals surface area contributed by atoms with Crippen LogP contribution in [-0.4, -0.2) is 34.3 Å². The summed E-state index contributed by atoms with van der Waals surface area (Å²) < 4.78 is 0. The Morgan fingerprint density at radius 1 is 0.960 bits per heavy atom. The van der Waals surface area contributed by atoms with E-state index >= 15 is 0 Å². The van der Waals surface area contributed by atoms with Gasteiger partial charge in [-0.15, -0.1) is 11.8 Å². The molecule has 0 radical (unpaired) electrons. The molecular weight excluding hydrogens is 354 g/mol. The van der Waals surface area contributed by atoms with E-state index in [0.717, 1.165) is 21.4 Å². The normalized spacial score (nSPS) is 22.1. The van der Waals surface area contributed by atoms with Crippen molar-refractivity contribution in [2.45, 2.75) is 23.0 Å². The number of para-hydroxylation sites is 1. The van der Waals surface area contributed by atoms with Crippen molar-refractivity contribution in [3.8, 4) is 0 Å². The number of aromatic nitrogens is 2. The number of hydrogen-bond donors (Lipinski definition) is 0. The molecule has 2 atom stereocenters. The summed E-state index contributed by atoms with van der Waals surface area (Å²) in [5, 5.41) is 1.64. The lowest BCUT2D eigenvalue weighted by Crippen LogP contribution is -2.30. The number of hydrogen-bond acceptors (Lipinski definition) is 6.